The summed E-state index contributed by atoms with van der Waals surface area (Å²) in [6.45, 7) is 26.4. The number of aromatic nitrogens is 9. The van der Waals surface area contributed by atoms with E-state index in [9.17, 15) is 0 Å². The van der Waals surface area contributed by atoms with Gasteiger partial charge in [-0.25, -0.2) is 0 Å². The van der Waals surface area contributed by atoms with Gasteiger partial charge in [-0.05, 0) is 107 Å². The summed E-state index contributed by atoms with van der Waals surface area (Å²) in [5.41, 5.74) is 17.5. The molecule has 0 unspecified atom stereocenters. The van der Waals surface area contributed by atoms with E-state index in [0.29, 0.717) is 0 Å². The molecule has 0 aliphatic rings. The molecule has 1 radical (unpaired) electrons. The minimum atomic E-state index is 0. The zero-order valence-electron chi connectivity index (χ0n) is 50.9. The number of rotatable bonds is 9. The fraction of sp³-hybridized carbons (Fsp3) is 0.200. The standard InChI is InChI=1S/3C25H25N3.Ir/c3*1-18-10-8-9-13-22(18)24-27-26-23(19-11-6-5-7-12-19)28(24)21-16-14-20(15-17-21)25(2,3)4;/h3*5-17H,1-4H3;. The van der Waals surface area contributed by atoms with Crippen molar-refractivity contribution in [2.24, 2.45) is 0 Å². The van der Waals surface area contributed by atoms with Gasteiger partial charge in [0.05, 0.1) is 0 Å². The van der Waals surface area contributed by atoms with Crippen LogP contribution in [0.3, 0.4) is 0 Å². The average molecular weight is 1290 g/mol. The zero-order chi connectivity index (χ0) is 59.2. The summed E-state index contributed by atoms with van der Waals surface area (Å²) in [5.74, 6) is 5.13. The molecule has 0 saturated heterocycles. The van der Waals surface area contributed by atoms with Gasteiger partial charge in [-0.2, -0.15) is 0 Å². The van der Waals surface area contributed by atoms with E-state index < -0.39 is 0 Å². The van der Waals surface area contributed by atoms with Crippen LogP contribution in [0.4, 0.5) is 0 Å². The summed E-state index contributed by atoms with van der Waals surface area (Å²) >= 11 is 0. The number of hydrogen-bond donors (Lipinski definition) is 0. The maximum Gasteiger partial charge on any atom is 0.169 e. The van der Waals surface area contributed by atoms with Crippen LogP contribution in [0.2, 0.25) is 0 Å². The first kappa shape index (κ1) is 60.6. The monoisotopic (exact) mass is 1290 g/mol. The largest absolute Gasteiger partial charge is 0.275 e. The van der Waals surface area contributed by atoms with Crippen LogP contribution in [0, 0.1) is 20.8 Å². The van der Waals surface area contributed by atoms with E-state index in [1.54, 1.807) is 0 Å². The van der Waals surface area contributed by atoms with E-state index >= 15 is 0 Å². The van der Waals surface area contributed by atoms with Crippen LogP contribution in [-0.4, -0.2) is 44.3 Å². The molecule has 0 bridgehead atoms. The van der Waals surface area contributed by atoms with Crippen LogP contribution in [0.1, 0.15) is 95.7 Å². The van der Waals surface area contributed by atoms with Crippen molar-refractivity contribution in [3.05, 3.63) is 270 Å². The van der Waals surface area contributed by atoms with Crippen molar-refractivity contribution in [2.45, 2.75) is 99.3 Å². The minimum Gasteiger partial charge on any atom is -0.275 e. The average Bonchev–Trinajstić information content (AvgIpc) is 2.13. The third kappa shape index (κ3) is 13.7. The van der Waals surface area contributed by atoms with Crippen molar-refractivity contribution >= 4 is 0 Å². The van der Waals surface area contributed by atoms with Crippen molar-refractivity contribution < 1.29 is 20.1 Å². The maximum atomic E-state index is 4.58. The fourth-order valence-corrected chi connectivity index (χ4v) is 10.2. The van der Waals surface area contributed by atoms with Gasteiger partial charge in [-0.1, -0.05) is 263 Å². The Balaban J connectivity index is 0.000000152. The molecular formula is C75H75IrN9. The molecule has 9 nitrogen and oxygen atoms in total. The Kier molecular flexibility index (Phi) is 18.5. The van der Waals surface area contributed by atoms with Crippen LogP contribution < -0.4 is 0 Å². The van der Waals surface area contributed by atoms with Gasteiger partial charge < -0.3 is 0 Å². The molecule has 10 heteroatoms. The first-order chi connectivity index (χ1) is 40.3. The van der Waals surface area contributed by atoms with Gasteiger partial charge in [0.25, 0.3) is 0 Å². The number of benzene rings is 9. The Hall–Kier alpha value is -8.95. The van der Waals surface area contributed by atoms with Crippen LogP contribution in [-0.2, 0) is 36.4 Å². The second kappa shape index (κ2) is 25.9. The summed E-state index contributed by atoms with van der Waals surface area (Å²) in [6, 6.07) is 81.8. The van der Waals surface area contributed by atoms with E-state index in [2.05, 4.69) is 291 Å². The number of aryl methyl sites for hydroxylation is 3. The second-order valence-corrected chi connectivity index (χ2v) is 24.5. The predicted octanol–water partition coefficient (Wildman–Crippen LogP) is 18.6. The van der Waals surface area contributed by atoms with Gasteiger partial charge in [0.2, 0.25) is 0 Å². The molecule has 3 aromatic heterocycles. The molecule has 0 aliphatic heterocycles. The SMILES string of the molecule is Cc1ccccc1-c1nnc(-c2ccccc2)n1-c1ccc(C(C)(C)C)cc1.Cc1ccccc1-c1nnc(-c2ccccc2)n1-c1ccc(C(C)(C)C)cc1.Cc1ccccc1-c1nnc(-c2ccccc2)n1-c1ccc(C(C)(C)C)cc1.[Ir]. The van der Waals surface area contributed by atoms with Crippen molar-refractivity contribution in [2.75, 3.05) is 0 Å². The fourth-order valence-electron chi connectivity index (χ4n) is 10.2. The summed E-state index contributed by atoms with van der Waals surface area (Å²) in [7, 11) is 0. The third-order valence-corrected chi connectivity index (χ3v) is 15.2. The zero-order valence-corrected chi connectivity index (χ0v) is 53.3. The first-order valence-electron chi connectivity index (χ1n) is 28.9. The molecule has 85 heavy (non-hydrogen) atoms. The van der Waals surface area contributed by atoms with Crippen LogP contribution in [0.25, 0.3) is 85.4 Å². The molecule has 12 aromatic rings. The third-order valence-electron chi connectivity index (χ3n) is 15.2. The molecule has 0 saturated carbocycles. The molecule has 429 valence electrons. The molecule has 0 spiro atoms. The molecule has 0 atom stereocenters. The van der Waals surface area contributed by atoms with E-state index in [4.69, 9.17) is 0 Å². The van der Waals surface area contributed by atoms with E-state index in [1.165, 1.54) is 33.4 Å². The van der Waals surface area contributed by atoms with Gasteiger partial charge >= 0.3 is 0 Å². The van der Waals surface area contributed by atoms with Crippen LogP contribution >= 0.6 is 0 Å². The van der Waals surface area contributed by atoms with Gasteiger partial charge in [-0.3, -0.25) is 13.7 Å². The van der Waals surface area contributed by atoms with Crippen LogP contribution in [0.15, 0.2) is 237 Å². The van der Waals surface area contributed by atoms with Crippen molar-refractivity contribution in [3.8, 4) is 85.4 Å². The summed E-state index contributed by atoms with van der Waals surface area (Å²) < 4.78 is 6.47. The Morgan fingerprint density at radius 3 is 0.647 bits per heavy atom. The summed E-state index contributed by atoms with van der Waals surface area (Å²) in [4.78, 5) is 0. The van der Waals surface area contributed by atoms with E-state index in [1.807, 2.05) is 72.8 Å². The second-order valence-electron chi connectivity index (χ2n) is 24.5. The Bertz CT molecular complexity index is 3690. The van der Waals surface area contributed by atoms with Gasteiger partial charge in [0.15, 0.2) is 34.9 Å². The molecule has 12 rings (SSSR count). The molecule has 3 heterocycles. The molecule has 0 fully saturated rings. The van der Waals surface area contributed by atoms with Gasteiger partial charge in [0.1, 0.15) is 0 Å². The number of hydrogen-bond acceptors (Lipinski definition) is 6. The Morgan fingerprint density at radius 1 is 0.235 bits per heavy atom. The van der Waals surface area contributed by atoms with E-state index in [0.717, 1.165) is 85.4 Å². The minimum absolute atomic E-state index is 0. The molecule has 0 amide bonds. The van der Waals surface area contributed by atoms with Gasteiger partial charge in [-0.15, -0.1) is 30.6 Å². The molecule has 0 N–H and O–H groups in total. The molecular weight excluding hydrogens is 1220 g/mol. The quantitative estimate of drug-likeness (QED) is 0.143. The topological polar surface area (TPSA) is 92.1 Å². The van der Waals surface area contributed by atoms with E-state index in [-0.39, 0.29) is 36.4 Å². The first-order valence-corrected chi connectivity index (χ1v) is 28.9. The van der Waals surface area contributed by atoms with Crippen molar-refractivity contribution in [1.82, 2.24) is 44.3 Å². The number of nitrogens with zero attached hydrogens (tertiary/aromatic N) is 9. The van der Waals surface area contributed by atoms with Crippen molar-refractivity contribution in [3.63, 3.8) is 0 Å². The molecule has 9 aromatic carbocycles. The Labute approximate surface area is 516 Å². The predicted molar refractivity (Wildman–Crippen MR) is 347 cm³/mol. The Morgan fingerprint density at radius 2 is 0.435 bits per heavy atom. The normalized spacial score (nSPS) is 11.4. The van der Waals surface area contributed by atoms with Gasteiger partial charge in [0, 0.05) is 70.5 Å². The molecule has 0 aliphatic carbocycles. The summed E-state index contributed by atoms with van der Waals surface area (Å²) in [5, 5.41) is 27.4. The van der Waals surface area contributed by atoms with Crippen LogP contribution in [0.5, 0.6) is 0 Å². The van der Waals surface area contributed by atoms with Crippen molar-refractivity contribution in [1.29, 1.82) is 0 Å². The smallest absolute Gasteiger partial charge is 0.169 e. The maximum absolute atomic E-state index is 4.58. The summed E-state index contributed by atoms with van der Waals surface area (Å²) in [6.07, 6.45) is 0.